The van der Waals surface area contributed by atoms with Crippen LogP contribution in [-0.2, 0) is 0 Å². The van der Waals surface area contributed by atoms with Crippen LogP contribution in [0.5, 0.6) is 0 Å². The summed E-state index contributed by atoms with van der Waals surface area (Å²) in [6, 6.07) is -0.315. The van der Waals surface area contributed by atoms with Crippen LogP contribution in [0.1, 0.15) is 37.0 Å². The molecule has 1 heterocycles. The number of imidazole rings is 1. The van der Waals surface area contributed by atoms with E-state index in [9.17, 15) is 9.59 Å². The molecule has 0 aromatic carbocycles. The van der Waals surface area contributed by atoms with Crippen LogP contribution in [-0.4, -0.2) is 34.1 Å². The molecule has 6 heteroatoms. The summed E-state index contributed by atoms with van der Waals surface area (Å²) in [4.78, 5) is 27.3. The molecule has 0 radical (unpaired) electrons. The predicted octanol–water partition coefficient (Wildman–Crippen LogP) is 0.907. The Labute approximate surface area is 100 Å². The maximum Gasteiger partial charge on any atom is 0.326 e. The fraction of sp³-hybridized carbons (Fsp3) is 0.545. The fourth-order valence-electron chi connectivity index (χ4n) is 1.36. The number of hydrogen-bond donors (Lipinski definition) is 2. The van der Waals surface area contributed by atoms with Gasteiger partial charge < -0.3 is 10.6 Å². The lowest BCUT2D eigenvalue weighted by molar-refractivity contribution is 0.0914. The first-order chi connectivity index (χ1) is 7.76. The number of rotatable bonds is 1. The maximum atomic E-state index is 11.9. The number of carbonyl (C=O) groups is 2. The second-order valence-corrected chi connectivity index (χ2v) is 4.81. The van der Waals surface area contributed by atoms with E-state index in [4.69, 9.17) is 0 Å². The lowest BCUT2D eigenvalue weighted by Crippen LogP contribution is -2.41. The van der Waals surface area contributed by atoms with Crippen LogP contribution >= 0.6 is 0 Å². The number of carbonyl (C=O) groups excluding carboxylic acids is 2. The molecule has 0 saturated heterocycles. The largest absolute Gasteiger partial charge is 0.346 e. The van der Waals surface area contributed by atoms with E-state index in [1.165, 1.54) is 17.9 Å². The van der Waals surface area contributed by atoms with Crippen molar-refractivity contribution in [3.05, 3.63) is 17.7 Å². The molecule has 94 valence electrons. The van der Waals surface area contributed by atoms with Crippen LogP contribution in [0.3, 0.4) is 0 Å². The second-order valence-electron chi connectivity index (χ2n) is 4.81. The predicted molar refractivity (Wildman–Crippen MR) is 64.0 cm³/mol. The third-order valence-corrected chi connectivity index (χ3v) is 2.14. The molecule has 0 aliphatic carbocycles. The second kappa shape index (κ2) is 4.57. The van der Waals surface area contributed by atoms with Crippen molar-refractivity contribution < 1.29 is 9.59 Å². The SMILES string of the molecule is CNC(=O)n1cnc(C(=O)NC(C)(C)C)c1C. The summed E-state index contributed by atoms with van der Waals surface area (Å²) in [5.74, 6) is -0.280. The summed E-state index contributed by atoms with van der Waals surface area (Å²) in [6.45, 7) is 7.34. The highest BCUT2D eigenvalue weighted by molar-refractivity contribution is 5.95. The number of hydrogen-bond acceptors (Lipinski definition) is 3. The van der Waals surface area contributed by atoms with Gasteiger partial charge in [0.2, 0.25) is 0 Å². The smallest absolute Gasteiger partial charge is 0.326 e. The third kappa shape index (κ3) is 3.05. The minimum Gasteiger partial charge on any atom is -0.346 e. The van der Waals surface area contributed by atoms with Crippen LogP contribution in [0.2, 0.25) is 0 Å². The number of nitrogens with zero attached hydrogens (tertiary/aromatic N) is 2. The van der Waals surface area contributed by atoms with Gasteiger partial charge in [0.05, 0.1) is 5.69 Å². The van der Waals surface area contributed by atoms with Gasteiger partial charge in [-0.3, -0.25) is 9.36 Å². The van der Waals surface area contributed by atoms with E-state index in [2.05, 4.69) is 15.6 Å². The molecule has 1 aromatic heterocycles. The van der Waals surface area contributed by atoms with E-state index < -0.39 is 0 Å². The molecule has 0 bridgehead atoms. The average molecular weight is 238 g/mol. The zero-order valence-corrected chi connectivity index (χ0v) is 10.8. The molecule has 2 N–H and O–H groups in total. The zero-order chi connectivity index (χ0) is 13.2. The zero-order valence-electron chi connectivity index (χ0n) is 10.8. The van der Waals surface area contributed by atoms with E-state index in [0.717, 1.165) is 0 Å². The van der Waals surface area contributed by atoms with Gasteiger partial charge in [-0.15, -0.1) is 0 Å². The van der Waals surface area contributed by atoms with Crippen molar-refractivity contribution in [3.63, 3.8) is 0 Å². The van der Waals surface area contributed by atoms with Gasteiger partial charge in [0.1, 0.15) is 12.0 Å². The molecule has 0 spiro atoms. The van der Waals surface area contributed by atoms with E-state index in [1.54, 1.807) is 6.92 Å². The molecule has 1 rings (SSSR count). The first-order valence-electron chi connectivity index (χ1n) is 5.35. The first-order valence-corrected chi connectivity index (χ1v) is 5.35. The van der Waals surface area contributed by atoms with Gasteiger partial charge in [-0.05, 0) is 27.7 Å². The summed E-state index contributed by atoms with van der Waals surface area (Å²) in [6.07, 6.45) is 1.34. The number of aromatic nitrogens is 2. The van der Waals surface area contributed by atoms with Crippen molar-refractivity contribution in [1.82, 2.24) is 20.2 Å². The molecule has 2 amide bonds. The van der Waals surface area contributed by atoms with Gasteiger partial charge in [-0.2, -0.15) is 0 Å². The molecule has 0 aliphatic rings. The third-order valence-electron chi connectivity index (χ3n) is 2.14. The minimum absolute atomic E-state index is 0.267. The highest BCUT2D eigenvalue weighted by Crippen LogP contribution is 2.08. The monoisotopic (exact) mass is 238 g/mol. The molecule has 0 aliphatic heterocycles. The Morgan fingerprint density at radius 3 is 2.41 bits per heavy atom. The van der Waals surface area contributed by atoms with Crippen molar-refractivity contribution in [2.45, 2.75) is 33.2 Å². The molecular formula is C11H18N4O2. The molecule has 6 nitrogen and oxygen atoms in total. The Bertz CT molecular complexity index is 443. The molecule has 0 atom stereocenters. The van der Waals surface area contributed by atoms with Crippen LogP contribution < -0.4 is 10.6 Å². The Morgan fingerprint density at radius 1 is 1.35 bits per heavy atom. The minimum atomic E-state index is -0.333. The van der Waals surface area contributed by atoms with Crippen LogP contribution in [0.4, 0.5) is 4.79 Å². The van der Waals surface area contributed by atoms with E-state index >= 15 is 0 Å². The van der Waals surface area contributed by atoms with Gasteiger partial charge >= 0.3 is 6.03 Å². The number of amides is 2. The molecule has 1 aromatic rings. The van der Waals surface area contributed by atoms with Crippen molar-refractivity contribution in [2.75, 3.05) is 7.05 Å². The topological polar surface area (TPSA) is 76.0 Å². The summed E-state index contributed by atoms with van der Waals surface area (Å²) < 4.78 is 1.30. The molecule has 17 heavy (non-hydrogen) atoms. The van der Waals surface area contributed by atoms with Crippen LogP contribution in [0.25, 0.3) is 0 Å². The Kier molecular flexibility index (Phi) is 3.55. The van der Waals surface area contributed by atoms with Crippen molar-refractivity contribution >= 4 is 11.9 Å². The van der Waals surface area contributed by atoms with E-state index in [1.807, 2.05) is 20.8 Å². The molecular weight excluding hydrogens is 220 g/mol. The van der Waals surface area contributed by atoms with Gasteiger partial charge in [0, 0.05) is 12.6 Å². The van der Waals surface area contributed by atoms with Gasteiger partial charge in [0.15, 0.2) is 0 Å². The highest BCUT2D eigenvalue weighted by atomic mass is 16.2. The lowest BCUT2D eigenvalue weighted by atomic mass is 10.1. The van der Waals surface area contributed by atoms with Crippen LogP contribution in [0, 0.1) is 6.92 Å². The average Bonchev–Trinajstić information content (AvgIpc) is 2.56. The maximum absolute atomic E-state index is 11.9. The van der Waals surface area contributed by atoms with Crippen molar-refractivity contribution in [1.29, 1.82) is 0 Å². The van der Waals surface area contributed by atoms with E-state index in [0.29, 0.717) is 5.69 Å². The molecule has 0 saturated carbocycles. The van der Waals surface area contributed by atoms with Gasteiger partial charge in [-0.1, -0.05) is 0 Å². The number of nitrogens with one attached hydrogen (secondary N) is 2. The normalized spacial score (nSPS) is 11.1. The summed E-state index contributed by atoms with van der Waals surface area (Å²) in [7, 11) is 1.52. The lowest BCUT2D eigenvalue weighted by Gasteiger charge is -2.19. The Morgan fingerprint density at radius 2 is 1.94 bits per heavy atom. The first kappa shape index (κ1) is 13.2. The van der Waals surface area contributed by atoms with Gasteiger partial charge in [-0.25, -0.2) is 9.78 Å². The standard InChI is InChI=1S/C11H18N4O2/c1-7-8(9(16)14-11(2,3)4)13-6-15(7)10(17)12-5/h6H,1-5H3,(H,12,17)(H,14,16). The Balaban J connectivity index is 2.97. The summed E-state index contributed by atoms with van der Waals surface area (Å²) >= 11 is 0. The fourth-order valence-corrected chi connectivity index (χ4v) is 1.36. The molecule has 0 fully saturated rings. The van der Waals surface area contributed by atoms with Crippen molar-refractivity contribution in [2.24, 2.45) is 0 Å². The summed E-state index contributed by atoms with van der Waals surface area (Å²) in [5.41, 5.74) is 0.454. The molecule has 0 unspecified atom stereocenters. The van der Waals surface area contributed by atoms with E-state index in [-0.39, 0.29) is 23.2 Å². The Hall–Kier alpha value is -1.85. The van der Waals surface area contributed by atoms with Crippen LogP contribution in [0.15, 0.2) is 6.33 Å². The quantitative estimate of drug-likeness (QED) is 0.763. The van der Waals surface area contributed by atoms with Crippen molar-refractivity contribution in [3.8, 4) is 0 Å². The van der Waals surface area contributed by atoms with Gasteiger partial charge in [0.25, 0.3) is 5.91 Å². The summed E-state index contributed by atoms with van der Waals surface area (Å²) in [5, 5.41) is 5.27. The highest BCUT2D eigenvalue weighted by Gasteiger charge is 2.21.